The van der Waals surface area contributed by atoms with Gasteiger partial charge in [-0.3, -0.25) is 4.79 Å². The molecule has 1 unspecified atom stereocenters. The van der Waals surface area contributed by atoms with Crippen molar-refractivity contribution in [1.29, 1.82) is 0 Å². The van der Waals surface area contributed by atoms with Crippen LogP contribution < -0.4 is 5.32 Å². The molecule has 1 amide bonds. The van der Waals surface area contributed by atoms with Gasteiger partial charge < -0.3 is 5.32 Å². The van der Waals surface area contributed by atoms with Crippen LogP contribution in [0.25, 0.3) is 0 Å². The number of rotatable bonds is 5. The molecule has 0 radical (unpaired) electrons. The van der Waals surface area contributed by atoms with Crippen LogP contribution in [0.1, 0.15) is 35.3 Å². The summed E-state index contributed by atoms with van der Waals surface area (Å²) < 4.78 is 0. The highest BCUT2D eigenvalue weighted by molar-refractivity contribution is 9.09. The lowest BCUT2D eigenvalue weighted by Crippen LogP contribution is -2.32. The molecule has 0 fully saturated rings. The maximum Gasteiger partial charge on any atom is 0.270 e. The molecule has 0 bridgehead atoms. The predicted octanol–water partition coefficient (Wildman–Crippen LogP) is 2.74. The number of carbonyl (C=O) groups excluding carboxylic acids is 1. The third kappa shape index (κ3) is 4.30. The van der Waals surface area contributed by atoms with Gasteiger partial charge in [0.1, 0.15) is 5.69 Å². The fourth-order valence-electron chi connectivity index (χ4n) is 1.22. The van der Waals surface area contributed by atoms with Crippen molar-refractivity contribution < 1.29 is 4.79 Å². The number of hydrogen-bond donors (Lipinski definition) is 1. The summed E-state index contributed by atoms with van der Waals surface area (Å²) in [7, 11) is 0. The molecule has 0 aromatic carbocycles. The van der Waals surface area contributed by atoms with E-state index in [9.17, 15) is 4.79 Å². The van der Waals surface area contributed by atoms with E-state index in [-0.39, 0.29) is 11.9 Å². The molecule has 0 aliphatic rings. The predicted molar refractivity (Wildman–Crippen MR) is 66.8 cm³/mol. The molecule has 5 heteroatoms. The number of carbonyl (C=O) groups is 1. The number of amides is 1. The Kier molecular flexibility index (Phi) is 5.25. The molecule has 0 saturated carbocycles. The Morgan fingerprint density at radius 1 is 1.73 bits per heavy atom. The lowest BCUT2D eigenvalue weighted by molar-refractivity contribution is 0.0934. The lowest BCUT2D eigenvalue weighted by Gasteiger charge is -2.11. The van der Waals surface area contributed by atoms with Crippen molar-refractivity contribution in [2.24, 2.45) is 0 Å². The van der Waals surface area contributed by atoms with Crippen molar-refractivity contribution in [3.63, 3.8) is 0 Å². The van der Waals surface area contributed by atoms with E-state index in [1.54, 1.807) is 5.38 Å². The van der Waals surface area contributed by atoms with E-state index in [1.165, 1.54) is 11.3 Å². The Bertz CT molecular complexity index is 327. The number of aromatic nitrogens is 1. The van der Waals surface area contributed by atoms with E-state index >= 15 is 0 Å². The maximum absolute atomic E-state index is 11.7. The first-order chi connectivity index (χ1) is 7.13. The van der Waals surface area contributed by atoms with E-state index < -0.39 is 0 Å². The Hall–Kier alpha value is -0.420. The van der Waals surface area contributed by atoms with Crippen LogP contribution in [0.5, 0.6) is 0 Å². The summed E-state index contributed by atoms with van der Waals surface area (Å²) in [5.74, 6) is -0.0681. The summed E-state index contributed by atoms with van der Waals surface area (Å²) in [5.41, 5.74) is 0.531. The summed E-state index contributed by atoms with van der Waals surface area (Å²) >= 11 is 4.87. The van der Waals surface area contributed by atoms with Crippen molar-refractivity contribution in [2.75, 3.05) is 5.33 Å². The van der Waals surface area contributed by atoms with Gasteiger partial charge in [0, 0.05) is 16.8 Å². The monoisotopic (exact) mass is 290 g/mol. The molecule has 0 aliphatic heterocycles. The number of halogens is 1. The lowest BCUT2D eigenvalue weighted by atomic mass is 10.2. The second-order valence-corrected chi connectivity index (χ2v) is 5.31. The minimum Gasteiger partial charge on any atom is -0.348 e. The molecule has 84 valence electrons. The summed E-state index contributed by atoms with van der Waals surface area (Å²) in [6.07, 6.45) is 2.05. The highest BCUT2D eigenvalue weighted by Gasteiger charge is 2.11. The van der Waals surface area contributed by atoms with Crippen LogP contribution in [0.2, 0.25) is 0 Å². The molecule has 1 atom stereocenters. The fourth-order valence-corrected chi connectivity index (χ4v) is 2.14. The normalized spacial score (nSPS) is 12.5. The topological polar surface area (TPSA) is 42.0 Å². The SMILES string of the molecule is Cc1nc(C(=O)NC(C)CCCBr)cs1. The average Bonchev–Trinajstić information content (AvgIpc) is 2.61. The number of thiazole rings is 1. The number of nitrogens with zero attached hydrogens (tertiary/aromatic N) is 1. The molecule has 0 aliphatic carbocycles. The van der Waals surface area contributed by atoms with Crippen LogP contribution >= 0.6 is 27.3 Å². The average molecular weight is 291 g/mol. The molecule has 3 nitrogen and oxygen atoms in total. The number of alkyl halides is 1. The smallest absolute Gasteiger partial charge is 0.270 e. The number of hydrogen-bond acceptors (Lipinski definition) is 3. The van der Waals surface area contributed by atoms with Gasteiger partial charge in [-0.15, -0.1) is 11.3 Å². The van der Waals surface area contributed by atoms with Crippen molar-refractivity contribution in [1.82, 2.24) is 10.3 Å². The third-order valence-corrected chi connectivity index (χ3v) is 3.33. The van der Waals surface area contributed by atoms with E-state index in [1.807, 2.05) is 13.8 Å². The Balaban J connectivity index is 2.42. The van der Waals surface area contributed by atoms with Gasteiger partial charge in [0.15, 0.2) is 0 Å². The highest BCUT2D eigenvalue weighted by Crippen LogP contribution is 2.08. The van der Waals surface area contributed by atoms with E-state index in [0.717, 1.165) is 23.2 Å². The highest BCUT2D eigenvalue weighted by atomic mass is 79.9. The second kappa shape index (κ2) is 6.23. The fraction of sp³-hybridized carbons (Fsp3) is 0.600. The largest absolute Gasteiger partial charge is 0.348 e. The van der Waals surface area contributed by atoms with Gasteiger partial charge in [0.2, 0.25) is 0 Å². The van der Waals surface area contributed by atoms with Crippen molar-refractivity contribution >= 4 is 33.2 Å². The summed E-state index contributed by atoms with van der Waals surface area (Å²) in [5, 5.41) is 6.62. The quantitative estimate of drug-likeness (QED) is 0.848. The molecular weight excluding hydrogens is 276 g/mol. The number of aryl methyl sites for hydroxylation is 1. The molecule has 1 aromatic rings. The van der Waals surface area contributed by atoms with E-state index in [0.29, 0.717) is 5.69 Å². The molecule has 1 N–H and O–H groups in total. The Labute approximate surface area is 102 Å². The molecule has 0 saturated heterocycles. The van der Waals surface area contributed by atoms with Gasteiger partial charge in [-0.05, 0) is 26.7 Å². The Morgan fingerprint density at radius 2 is 2.47 bits per heavy atom. The van der Waals surface area contributed by atoms with E-state index in [4.69, 9.17) is 0 Å². The van der Waals surface area contributed by atoms with Crippen LogP contribution in [0.15, 0.2) is 5.38 Å². The molecule has 15 heavy (non-hydrogen) atoms. The molecule has 1 rings (SSSR count). The zero-order valence-corrected chi connectivity index (χ0v) is 11.3. The zero-order chi connectivity index (χ0) is 11.3. The van der Waals surface area contributed by atoms with Crippen molar-refractivity contribution in [3.05, 3.63) is 16.1 Å². The van der Waals surface area contributed by atoms with Gasteiger partial charge in [-0.25, -0.2) is 4.98 Å². The molecule has 1 aromatic heterocycles. The van der Waals surface area contributed by atoms with E-state index in [2.05, 4.69) is 26.2 Å². The van der Waals surface area contributed by atoms with Crippen molar-refractivity contribution in [2.45, 2.75) is 32.7 Å². The van der Waals surface area contributed by atoms with Crippen LogP contribution in [0.3, 0.4) is 0 Å². The van der Waals surface area contributed by atoms with Crippen molar-refractivity contribution in [3.8, 4) is 0 Å². The number of nitrogens with one attached hydrogen (secondary N) is 1. The first-order valence-corrected chi connectivity index (χ1v) is 6.92. The summed E-state index contributed by atoms with van der Waals surface area (Å²) in [6, 6.07) is 0.206. The van der Waals surface area contributed by atoms with Gasteiger partial charge in [0.05, 0.1) is 5.01 Å². The van der Waals surface area contributed by atoms with Crippen LogP contribution in [0.4, 0.5) is 0 Å². The summed E-state index contributed by atoms with van der Waals surface area (Å²) in [6.45, 7) is 3.91. The third-order valence-electron chi connectivity index (χ3n) is 2.00. The van der Waals surface area contributed by atoms with Gasteiger partial charge in [0.25, 0.3) is 5.91 Å². The maximum atomic E-state index is 11.7. The minimum atomic E-state index is -0.0681. The zero-order valence-electron chi connectivity index (χ0n) is 8.92. The Morgan fingerprint density at radius 3 is 3.00 bits per heavy atom. The van der Waals surface area contributed by atoms with Crippen LogP contribution in [0, 0.1) is 6.92 Å². The minimum absolute atomic E-state index is 0.0681. The summed E-state index contributed by atoms with van der Waals surface area (Å²) in [4.78, 5) is 15.8. The first-order valence-electron chi connectivity index (χ1n) is 4.92. The van der Waals surface area contributed by atoms with Crippen LogP contribution in [-0.2, 0) is 0 Å². The van der Waals surface area contributed by atoms with Gasteiger partial charge in [-0.1, -0.05) is 15.9 Å². The first kappa shape index (κ1) is 12.6. The van der Waals surface area contributed by atoms with Gasteiger partial charge in [-0.2, -0.15) is 0 Å². The molecule has 0 spiro atoms. The standard InChI is InChI=1S/C10H15BrN2OS/c1-7(4-3-5-11)12-10(14)9-6-15-8(2)13-9/h6-7H,3-5H2,1-2H3,(H,12,14). The molecule has 1 heterocycles. The van der Waals surface area contributed by atoms with Gasteiger partial charge >= 0.3 is 0 Å². The van der Waals surface area contributed by atoms with Crippen LogP contribution in [-0.4, -0.2) is 22.3 Å². The molecular formula is C10H15BrN2OS. The second-order valence-electron chi connectivity index (χ2n) is 3.46.